The summed E-state index contributed by atoms with van der Waals surface area (Å²) in [5.41, 5.74) is 0. The average Bonchev–Trinajstić information content (AvgIpc) is 2.25. The summed E-state index contributed by atoms with van der Waals surface area (Å²) in [6, 6.07) is 0. The summed E-state index contributed by atoms with van der Waals surface area (Å²) in [6.45, 7) is 8.31. The summed E-state index contributed by atoms with van der Waals surface area (Å²) in [5, 5.41) is 0. The molecule has 0 saturated carbocycles. The smallest absolute Gasteiger partial charge is 0.332 e. The molecule has 0 aromatic heterocycles. The molecule has 0 amide bonds. The van der Waals surface area contributed by atoms with E-state index in [1.807, 2.05) is 13.8 Å². The number of hydrogen-bond donors (Lipinski definition) is 0. The molecule has 0 aliphatic heterocycles. The molecule has 0 radical (unpaired) electrons. The van der Waals surface area contributed by atoms with E-state index >= 15 is 0 Å². The Kier molecular flexibility index (Phi) is 9.28. The van der Waals surface area contributed by atoms with Crippen LogP contribution in [0.4, 0.5) is 0 Å². The van der Waals surface area contributed by atoms with Crippen LogP contribution in [0.5, 0.6) is 0 Å². The number of rotatable bonds is 9. The van der Waals surface area contributed by atoms with Gasteiger partial charge in [-0.25, -0.2) is 9.59 Å². The fourth-order valence-corrected chi connectivity index (χ4v) is 0.969. The van der Waals surface area contributed by atoms with Gasteiger partial charge in [-0.3, -0.25) is 0 Å². The van der Waals surface area contributed by atoms with Crippen molar-refractivity contribution < 1.29 is 23.8 Å². The minimum atomic E-state index is -0.460. The molecule has 0 unspecified atom stereocenters. The quantitative estimate of drug-likeness (QED) is 0.591. The molecular weight excluding hydrogens is 236 g/mol. The van der Waals surface area contributed by atoms with Crippen molar-refractivity contribution in [2.45, 2.75) is 34.1 Å². The maximum Gasteiger partial charge on any atom is 0.332 e. The molecule has 0 aromatic carbocycles. The van der Waals surface area contributed by atoms with Gasteiger partial charge in [-0.15, -0.1) is 0 Å². The number of carbonyl (C=O) groups excluding carboxylic acids is 2. The van der Waals surface area contributed by atoms with E-state index in [9.17, 15) is 9.59 Å². The van der Waals surface area contributed by atoms with Crippen LogP contribution in [0.25, 0.3) is 0 Å². The normalized spacial score (nSPS) is 10.8. The molecule has 0 aliphatic carbocycles. The van der Waals surface area contributed by atoms with E-state index in [1.54, 1.807) is 0 Å². The molecule has 0 rings (SSSR count). The van der Waals surface area contributed by atoms with E-state index < -0.39 is 11.9 Å². The Hall–Kier alpha value is -1.10. The van der Waals surface area contributed by atoms with Gasteiger partial charge in [0.2, 0.25) is 0 Å². The Balaban J connectivity index is 3.47. The first-order valence-electron chi connectivity index (χ1n) is 6.30. The first-order valence-corrected chi connectivity index (χ1v) is 6.30. The predicted molar refractivity (Wildman–Crippen MR) is 67.0 cm³/mol. The molecule has 5 heteroatoms. The summed E-state index contributed by atoms with van der Waals surface area (Å²) in [6.07, 6.45) is 0.822. The minimum absolute atomic E-state index is 0.213. The first kappa shape index (κ1) is 16.9. The Morgan fingerprint density at radius 1 is 0.889 bits per heavy atom. The molecule has 0 atom stereocenters. The number of hydrogen-bond acceptors (Lipinski definition) is 5. The van der Waals surface area contributed by atoms with Crippen LogP contribution in [0, 0.1) is 11.8 Å². The van der Waals surface area contributed by atoms with Crippen molar-refractivity contribution >= 4 is 11.9 Å². The van der Waals surface area contributed by atoms with Gasteiger partial charge in [0.1, 0.15) is 13.2 Å². The molecule has 0 saturated heterocycles. The lowest BCUT2D eigenvalue weighted by molar-refractivity contribution is -0.156. The molecule has 0 aromatic rings. The molecule has 0 fully saturated rings. The van der Waals surface area contributed by atoms with Crippen molar-refractivity contribution in [2.24, 2.45) is 11.8 Å². The van der Waals surface area contributed by atoms with Gasteiger partial charge in [0.25, 0.3) is 0 Å². The lowest BCUT2D eigenvalue weighted by atomic mass is 10.1. The van der Waals surface area contributed by atoms with Crippen LogP contribution in [-0.2, 0) is 23.8 Å². The summed E-state index contributed by atoms with van der Waals surface area (Å²) in [7, 11) is 0. The molecule has 0 heterocycles. The molecule has 18 heavy (non-hydrogen) atoms. The maximum atomic E-state index is 11.2. The standard InChI is InChI=1S/C13H24O5/c1-10(2)5-6-17-12(14)8-16-9-13(15)18-7-11(3)4/h10-11H,5-9H2,1-4H3. The molecule has 0 spiro atoms. The number of carbonyl (C=O) groups is 2. The lowest BCUT2D eigenvalue weighted by Crippen LogP contribution is -2.20. The maximum absolute atomic E-state index is 11.2. The van der Waals surface area contributed by atoms with E-state index in [1.165, 1.54) is 0 Å². The van der Waals surface area contributed by atoms with Gasteiger partial charge in [0.15, 0.2) is 0 Å². The third-order valence-corrected chi connectivity index (χ3v) is 1.98. The number of ether oxygens (including phenoxy) is 3. The Bertz CT molecular complexity index is 248. The largest absolute Gasteiger partial charge is 0.464 e. The van der Waals surface area contributed by atoms with Crippen LogP contribution >= 0.6 is 0 Å². The second kappa shape index (κ2) is 9.88. The van der Waals surface area contributed by atoms with Crippen LogP contribution in [0.15, 0.2) is 0 Å². The van der Waals surface area contributed by atoms with Gasteiger partial charge >= 0.3 is 11.9 Å². The summed E-state index contributed by atoms with van der Waals surface area (Å²) in [4.78, 5) is 22.3. The van der Waals surface area contributed by atoms with Crippen LogP contribution < -0.4 is 0 Å². The average molecular weight is 260 g/mol. The molecular formula is C13H24O5. The zero-order chi connectivity index (χ0) is 14.0. The first-order chi connectivity index (χ1) is 8.41. The Morgan fingerprint density at radius 3 is 1.94 bits per heavy atom. The van der Waals surface area contributed by atoms with Crippen molar-refractivity contribution in [3.05, 3.63) is 0 Å². The summed E-state index contributed by atoms with van der Waals surface area (Å²) >= 11 is 0. The molecule has 0 bridgehead atoms. The monoisotopic (exact) mass is 260 g/mol. The van der Waals surface area contributed by atoms with Crippen molar-refractivity contribution in [1.29, 1.82) is 0 Å². The zero-order valence-corrected chi connectivity index (χ0v) is 11.7. The second-order valence-electron chi connectivity index (χ2n) is 4.97. The lowest BCUT2D eigenvalue weighted by Gasteiger charge is -2.08. The highest BCUT2D eigenvalue weighted by Gasteiger charge is 2.08. The van der Waals surface area contributed by atoms with Crippen molar-refractivity contribution in [1.82, 2.24) is 0 Å². The Labute approximate surface area is 109 Å². The summed E-state index contributed by atoms with van der Waals surface area (Å²) in [5.74, 6) is -0.134. The zero-order valence-electron chi connectivity index (χ0n) is 11.7. The van der Waals surface area contributed by atoms with E-state index in [4.69, 9.17) is 14.2 Å². The highest BCUT2D eigenvalue weighted by molar-refractivity contribution is 5.73. The SMILES string of the molecule is CC(C)CCOC(=O)COCC(=O)OCC(C)C. The van der Waals surface area contributed by atoms with Gasteiger partial charge in [-0.05, 0) is 18.3 Å². The molecule has 5 nitrogen and oxygen atoms in total. The van der Waals surface area contributed by atoms with Crippen LogP contribution in [-0.4, -0.2) is 38.4 Å². The predicted octanol–water partition coefficient (Wildman–Crippen LogP) is 1.79. The minimum Gasteiger partial charge on any atom is -0.464 e. The van der Waals surface area contributed by atoms with Crippen molar-refractivity contribution in [2.75, 3.05) is 26.4 Å². The third kappa shape index (κ3) is 11.4. The van der Waals surface area contributed by atoms with Crippen LogP contribution in [0.2, 0.25) is 0 Å². The van der Waals surface area contributed by atoms with E-state index in [0.717, 1.165) is 6.42 Å². The van der Waals surface area contributed by atoms with Crippen LogP contribution in [0.1, 0.15) is 34.1 Å². The topological polar surface area (TPSA) is 61.8 Å². The number of esters is 2. The highest BCUT2D eigenvalue weighted by atomic mass is 16.6. The van der Waals surface area contributed by atoms with Gasteiger partial charge in [-0.1, -0.05) is 27.7 Å². The van der Waals surface area contributed by atoms with Crippen molar-refractivity contribution in [3.8, 4) is 0 Å². The van der Waals surface area contributed by atoms with Crippen LogP contribution in [0.3, 0.4) is 0 Å². The fourth-order valence-electron chi connectivity index (χ4n) is 0.969. The molecule has 106 valence electrons. The van der Waals surface area contributed by atoms with Gasteiger partial charge in [-0.2, -0.15) is 0 Å². The van der Waals surface area contributed by atoms with E-state index in [-0.39, 0.29) is 19.1 Å². The highest BCUT2D eigenvalue weighted by Crippen LogP contribution is 1.99. The molecule has 0 aliphatic rings. The van der Waals surface area contributed by atoms with E-state index in [0.29, 0.717) is 19.1 Å². The van der Waals surface area contributed by atoms with Gasteiger partial charge in [0.05, 0.1) is 13.2 Å². The third-order valence-electron chi connectivity index (χ3n) is 1.98. The van der Waals surface area contributed by atoms with E-state index in [2.05, 4.69) is 13.8 Å². The van der Waals surface area contributed by atoms with Gasteiger partial charge < -0.3 is 14.2 Å². The fraction of sp³-hybridized carbons (Fsp3) is 0.846. The van der Waals surface area contributed by atoms with Gasteiger partial charge in [0, 0.05) is 0 Å². The summed E-state index contributed by atoms with van der Waals surface area (Å²) < 4.78 is 14.7. The molecule has 0 N–H and O–H groups in total. The Morgan fingerprint density at radius 2 is 1.44 bits per heavy atom. The van der Waals surface area contributed by atoms with Crippen molar-refractivity contribution in [3.63, 3.8) is 0 Å². The second-order valence-corrected chi connectivity index (χ2v) is 4.97.